The number of unbranched alkanes of at least 4 members (excludes halogenated alkanes) is 2. The van der Waals surface area contributed by atoms with Crippen molar-refractivity contribution in [2.75, 3.05) is 0 Å². The summed E-state index contributed by atoms with van der Waals surface area (Å²) in [5.74, 6) is 1.66. The van der Waals surface area contributed by atoms with Gasteiger partial charge in [0, 0.05) is 0 Å². The third-order valence-corrected chi connectivity index (χ3v) is 2.12. The maximum Gasteiger partial charge on any atom is 0.112 e. The third kappa shape index (κ3) is 10.1. The van der Waals surface area contributed by atoms with Gasteiger partial charge in [0.05, 0.1) is 0 Å². The summed E-state index contributed by atoms with van der Waals surface area (Å²) in [5, 5.41) is 0. The van der Waals surface area contributed by atoms with Crippen molar-refractivity contribution in [2.45, 2.75) is 65.5 Å². The molecular formula is C11H24B. The van der Waals surface area contributed by atoms with Crippen molar-refractivity contribution in [3.63, 3.8) is 0 Å². The molecular weight excluding hydrogens is 143 g/mol. The molecule has 0 saturated carbocycles. The molecule has 0 unspecified atom stereocenters. The first-order chi connectivity index (χ1) is 5.63. The fourth-order valence-electron chi connectivity index (χ4n) is 1.32. The van der Waals surface area contributed by atoms with E-state index in [1.807, 2.05) is 0 Å². The molecule has 12 heavy (non-hydrogen) atoms. The molecule has 0 aliphatic heterocycles. The summed E-state index contributed by atoms with van der Waals surface area (Å²) in [5.41, 5.74) is 0. The van der Waals surface area contributed by atoms with E-state index in [1.165, 1.54) is 32.0 Å². The molecule has 0 aliphatic carbocycles. The van der Waals surface area contributed by atoms with Crippen LogP contribution in [-0.2, 0) is 0 Å². The summed E-state index contributed by atoms with van der Waals surface area (Å²) in [6.07, 6.45) is 6.95. The van der Waals surface area contributed by atoms with Gasteiger partial charge in [-0.3, -0.25) is 0 Å². The minimum atomic E-state index is 0.773. The van der Waals surface area contributed by atoms with Crippen LogP contribution in [0.2, 0.25) is 12.1 Å². The Hall–Kier alpha value is 0.0649. The maximum absolute atomic E-state index is 2.43. The molecule has 0 spiro atoms. The Balaban J connectivity index is 2.91. The quantitative estimate of drug-likeness (QED) is 0.394. The predicted molar refractivity (Wildman–Crippen MR) is 59.0 cm³/mol. The fraction of sp³-hybridized carbons (Fsp3) is 1.00. The molecule has 0 N–H and O–H groups in total. The lowest BCUT2D eigenvalue weighted by atomic mass is 9.63. The van der Waals surface area contributed by atoms with E-state index in [0.29, 0.717) is 0 Å². The van der Waals surface area contributed by atoms with Crippen molar-refractivity contribution in [3.05, 3.63) is 0 Å². The highest BCUT2D eigenvalue weighted by Gasteiger charge is 1.97. The van der Waals surface area contributed by atoms with Gasteiger partial charge in [0.2, 0.25) is 0 Å². The molecule has 1 radical (unpaired) electrons. The minimum absolute atomic E-state index is 0.773. The normalized spacial score (nSPS) is 11.2. The summed E-state index contributed by atoms with van der Waals surface area (Å²) < 4.78 is 0. The SMILES string of the molecule is CC(C)[B]CCCCCC(C)C. The first-order valence-electron chi connectivity index (χ1n) is 5.46. The molecule has 0 atom stereocenters. The topological polar surface area (TPSA) is 0 Å². The summed E-state index contributed by atoms with van der Waals surface area (Å²) in [6.45, 7) is 9.13. The zero-order chi connectivity index (χ0) is 9.40. The number of rotatable bonds is 7. The van der Waals surface area contributed by atoms with Gasteiger partial charge in [0.1, 0.15) is 7.28 Å². The summed E-state index contributed by atoms with van der Waals surface area (Å²) in [6, 6.07) is 0. The molecule has 0 aliphatic rings. The van der Waals surface area contributed by atoms with E-state index in [0.717, 1.165) is 11.7 Å². The highest BCUT2D eigenvalue weighted by Crippen LogP contribution is 2.11. The summed E-state index contributed by atoms with van der Waals surface area (Å²) in [4.78, 5) is 0. The lowest BCUT2D eigenvalue weighted by molar-refractivity contribution is 0.534. The Kier molecular flexibility index (Phi) is 7.74. The van der Waals surface area contributed by atoms with Crippen LogP contribution in [0.5, 0.6) is 0 Å². The van der Waals surface area contributed by atoms with Gasteiger partial charge >= 0.3 is 0 Å². The average Bonchev–Trinajstić information content (AvgIpc) is 1.95. The molecule has 71 valence electrons. The standard InChI is InChI=1S/C11H24B/c1-10(2)8-6-5-7-9-12-11(3)4/h10-11H,5-9H2,1-4H3. The fourth-order valence-corrected chi connectivity index (χ4v) is 1.32. The van der Waals surface area contributed by atoms with Crippen molar-refractivity contribution in [3.8, 4) is 0 Å². The Morgan fingerprint density at radius 1 is 0.917 bits per heavy atom. The molecule has 0 amide bonds. The van der Waals surface area contributed by atoms with E-state index in [-0.39, 0.29) is 0 Å². The van der Waals surface area contributed by atoms with Gasteiger partial charge in [0.15, 0.2) is 0 Å². The highest BCUT2D eigenvalue weighted by molar-refractivity contribution is 6.37. The maximum atomic E-state index is 2.43. The first kappa shape index (κ1) is 12.1. The van der Waals surface area contributed by atoms with Crippen molar-refractivity contribution in [2.24, 2.45) is 5.92 Å². The van der Waals surface area contributed by atoms with Crippen LogP contribution in [0.1, 0.15) is 53.4 Å². The van der Waals surface area contributed by atoms with Gasteiger partial charge in [-0.15, -0.1) is 0 Å². The summed E-state index contributed by atoms with van der Waals surface area (Å²) >= 11 is 0. The second-order valence-electron chi connectivity index (χ2n) is 4.51. The lowest BCUT2D eigenvalue weighted by Crippen LogP contribution is -1.94. The van der Waals surface area contributed by atoms with E-state index < -0.39 is 0 Å². The molecule has 0 nitrogen and oxygen atoms in total. The monoisotopic (exact) mass is 167 g/mol. The van der Waals surface area contributed by atoms with Gasteiger partial charge in [0.25, 0.3) is 0 Å². The van der Waals surface area contributed by atoms with Gasteiger partial charge in [-0.1, -0.05) is 65.5 Å². The zero-order valence-corrected chi connectivity index (χ0v) is 9.27. The van der Waals surface area contributed by atoms with Crippen LogP contribution in [0.15, 0.2) is 0 Å². The van der Waals surface area contributed by atoms with Gasteiger partial charge in [-0.25, -0.2) is 0 Å². The molecule has 0 aromatic rings. The van der Waals surface area contributed by atoms with E-state index in [9.17, 15) is 0 Å². The third-order valence-electron chi connectivity index (χ3n) is 2.12. The highest BCUT2D eigenvalue weighted by atomic mass is 14.0. The Morgan fingerprint density at radius 3 is 2.08 bits per heavy atom. The predicted octanol–water partition coefficient (Wildman–Crippen LogP) is 4.15. The Bertz CT molecular complexity index is 75.0. The smallest absolute Gasteiger partial charge is 0.0800 e. The van der Waals surface area contributed by atoms with E-state index in [1.54, 1.807) is 0 Å². The van der Waals surface area contributed by atoms with E-state index in [4.69, 9.17) is 0 Å². The molecule has 0 fully saturated rings. The van der Waals surface area contributed by atoms with E-state index in [2.05, 4.69) is 35.0 Å². The molecule has 0 rings (SSSR count). The van der Waals surface area contributed by atoms with Crippen LogP contribution >= 0.6 is 0 Å². The molecule has 1 heteroatoms. The Labute approximate surface area is 79.4 Å². The van der Waals surface area contributed by atoms with Crippen LogP contribution in [-0.4, -0.2) is 7.28 Å². The zero-order valence-electron chi connectivity index (χ0n) is 9.27. The van der Waals surface area contributed by atoms with Crippen molar-refractivity contribution in [1.82, 2.24) is 0 Å². The van der Waals surface area contributed by atoms with E-state index >= 15 is 0 Å². The Morgan fingerprint density at radius 2 is 1.58 bits per heavy atom. The second kappa shape index (κ2) is 7.70. The summed E-state index contributed by atoms with van der Waals surface area (Å²) in [7, 11) is 2.43. The average molecular weight is 167 g/mol. The lowest BCUT2D eigenvalue weighted by Gasteiger charge is -2.04. The van der Waals surface area contributed by atoms with Crippen LogP contribution in [0.4, 0.5) is 0 Å². The minimum Gasteiger partial charge on any atom is -0.0800 e. The van der Waals surface area contributed by atoms with Crippen molar-refractivity contribution >= 4 is 7.28 Å². The molecule has 0 heterocycles. The molecule has 0 aromatic heterocycles. The van der Waals surface area contributed by atoms with Crippen molar-refractivity contribution in [1.29, 1.82) is 0 Å². The van der Waals surface area contributed by atoms with Gasteiger partial charge in [-0.05, 0) is 5.92 Å². The number of hydrogen-bond donors (Lipinski definition) is 0. The van der Waals surface area contributed by atoms with Crippen molar-refractivity contribution < 1.29 is 0 Å². The van der Waals surface area contributed by atoms with Crippen LogP contribution in [0.25, 0.3) is 0 Å². The van der Waals surface area contributed by atoms with Gasteiger partial charge in [-0.2, -0.15) is 0 Å². The first-order valence-corrected chi connectivity index (χ1v) is 5.46. The van der Waals surface area contributed by atoms with Gasteiger partial charge < -0.3 is 0 Å². The van der Waals surface area contributed by atoms with Crippen LogP contribution in [0, 0.1) is 5.92 Å². The van der Waals surface area contributed by atoms with Crippen LogP contribution < -0.4 is 0 Å². The molecule has 0 bridgehead atoms. The molecule has 0 aromatic carbocycles. The second-order valence-corrected chi connectivity index (χ2v) is 4.51. The number of hydrogen-bond acceptors (Lipinski definition) is 0. The largest absolute Gasteiger partial charge is 0.112 e. The molecule has 0 saturated heterocycles. The van der Waals surface area contributed by atoms with Crippen LogP contribution in [0.3, 0.4) is 0 Å².